The quantitative estimate of drug-likeness (QED) is 0.778. The number of rotatable bonds is 3. The second-order valence-electron chi connectivity index (χ2n) is 4.26. The van der Waals surface area contributed by atoms with Crippen LogP contribution in [-0.2, 0) is 11.2 Å². The molecule has 96 valence electrons. The number of fused-ring (bicyclic) bond motifs is 1. The fourth-order valence-corrected chi connectivity index (χ4v) is 2.02. The molecule has 0 aliphatic carbocycles. The molecule has 19 heavy (non-hydrogen) atoms. The van der Waals surface area contributed by atoms with Crippen LogP contribution in [0.5, 0.6) is 0 Å². The van der Waals surface area contributed by atoms with Crippen LogP contribution < -0.4 is 16.0 Å². The number of hydrogen-bond acceptors (Lipinski definition) is 5. The fourth-order valence-electron chi connectivity index (χ4n) is 2.02. The topological polar surface area (TPSA) is 78.9 Å². The largest absolute Gasteiger partial charge is 0.373 e. The molecule has 0 bridgehead atoms. The second-order valence-corrected chi connectivity index (χ2v) is 4.26. The number of nitrogens with one attached hydrogen (secondary N) is 3. The maximum absolute atomic E-state index is 11.3. The summed E-state index contributed by atoms with van der Waals surface area (Å²) >= 11 is 0. The van der Waals surface area contributed by atoms with Gasteiger partial charge in [-0.25, -0.2) is 9.97 Å². The number of carbonyl (C=O) groups is 1. The molecular weight excluding hydrogens is 242 g/mol. The highest BCUT2D eigenvalue weighted by atomic mass is 16.1. The fraction of sp³-hybridized carbons (Fsp3) is 0.154. The molecular formula is C13H13N5O. The molecule has 0 saturated carbocycles. The third-order valence-corrected chi connectivity index (χ3v) is 2.93. The van der Waals surface area contributed by atoms with E-state index >= 15 is 0 Å². The van der Waals surface area contributed by atoms with Crippen molar-refractivity contribution in [2.75, 3.05) is 23.0 Å². The number of anilines is 4. The minimum atomic E-state index is 0.0339. The Hall–Kier alpha value is -2.63. The molecule has 0 atom stereocenters. The van der Waals surface area contributed by atoms with Gasteiger partial charge in [0, 0.05) is 24.5 Å². The first-order valence-electron chi connectivity index (χ1n) is 5.94. The molecule has 3 N–H and O–H groups in total. The first-order chi connectivity index (χ1) is 9.24. The molecule has 1 aliphatic heterocycles. The minimum Gasteiger partial charge on any atom is -0.373 e. The van der Waals surface area contributed by atoms with Gasteiger partial charge in [-0.3, -0.25) is 4.79 Å². The van der Waals surface area contributed by atoms with E-state index < -0.39 is 0 Å². The predicted octanol–water partition coefficient (Wildman–Crippen LogP) is 1.76. The number of benzene rings is 1. The summed E-state index contributed by atoms with van der Waals surface area (Å²) in [5.74, 6) is 1.48. The lowest BCUT2D eigenvalue weighted by Gasteiger charge is -2.08. The van der Waals surface area contributed by atoms with Crippen molar-refractivity contribution in [3.8, 4) is 0 Å². The lowest BCUT2D eigenvalue weighted by molar-refractivity contribution is -0.115. The van der Waals surface area contributed by atoms with Gasteiger partial charge in [0.25, 0.3) is 0 Å². The van der Waals surface area contributed by atoms with Crippen molar-refractivity contribution < 1.29 is 4.79 Å². The SMILES string of the molecule is CNc1cc(Nc2ccc3c(c2)CC(=O)N3)ncn1. The molecule has 3 rings (SSSR count). The Labute approximate surface area is 110 Å². The number of carbonyl (C=O) groups excluding carboxylic acids is 1. The van der Waals surface area contributed by atoms with Crippen LogP contribution >= 0.6 is 0 Å². The van der Waals surface area contributed by atoms with Crippen LogP contribution in [0.25, 0.3) is 0 Å². The Bertz CT molecular complexity index is 641. The van der Waals surface area contributed by atoms with Crippen LogP contribution in [0.15, 0.2) is 30.6 Å². The molecule has 1 aliphatic rings. The van der Waals surface area contributed by atoms with Crippen LogP contribution in [0, 0.1) is 0 Å². The van der Waals surface area contributed by atoms with Crippen molar-refractivity contribution >= 4 is 28.9 Å². The van der Waals surface area contributed by atoms with Gasteiger partial charge in [-0.15, -0.1) is 0 Å². The minimum absolute atomic E-state index is 0.0339. The van der Waals surface area contributed by atoms with Crippen LogP contribution in [0.2, 0.25) is 0 Å². The van der Waals surface area contributed by atoms with E-state index in [-0.39, 0.29) is 5.91 Å². The van der Waals surface area contributed by atoms with Crippen molar-refractivity contribution in [2.45, 2.75) is 6.42 Å². The van der Waals surface area contributed by atoms with E-state index in [1.165, 1.54) is 6.33 Å². The second kappa shape index (κ2) is 4.56. The van der Waals surface area contributed by atoms with Gasteiger partial charge in [-0.2, -0.15) is 0 Å². The van der Waals surface area contributed by atoms with Crippen LogP contribution in [0.3, 0.4) is 0 Å². The van der Waals surface area contributed by atoms with E-state index in [9.17, 15) is 4.79 Å². The highest BCUT2D eigenvalue weighted by Gasteiger charge is 2.17. The monoisotopic (exact) mass is 255 g/mol. The third kappa shape index (κ3) is 2.33. The molecule has 6 heteroatoms. The Morgan fingerprint density at radius 3 is 2.89 bits per heavy atom. The summed E-state index contributed by atoms with van der Waals surface area (Å²) < 4.78 is 0. The average Bonchev–Trinajstić information content (AvgIpc) is 2.78. The predicted molar refractivity (Wildman–Crippen MR) is 73.6 cm³/mol. The first kappa shape index (κ1) is 11.5. The summed E-state index contributed by atoms with van der Waals surface area (Å²) in [5.41, 5.74) is 2.78. The van der Waals surface area contributed by atoms with Crippen molar-refractivity contribution in [3.63, 3.8) is 0 Å². The van der Waals surface area contributed by atoms with E-state index in [4.69, 9.17) is 0 Å². The van der Waals surface area contributed by atoms with Gasteiger partial charge in [-0.1, -0.05) is 0 Å². The third-order valence-electron chi connectivity index (χ3n) is 2.93. The molecule has 0 spiro atoms. The van der Waals surface area contributed by atoms with E-state index in [1.54, 1.807) is 7.05 Å². The summed E-state index contributed by atoms with van der Waals surface area (Å²) in [6.45, 7) is 0. The first-order valence-corrected chi connectivity index (χ1v) is 5.94. The van der Waals surface area contributed by atoms with E-state index in [1.807, 2.05) is 24.3 Å². The van der Waals surface area contributed by atoms with E-state index in [0.29, 0.717) is 12.2 Å². The lowest BCUT2D eigenvalue weighted by atomic mass is 10.1. The number of aromatic nitrogens is 2. The average molecular weight is 255 g/mol. The lowest BCUT2D eigenvalue weighted by Crippen LogP contribution is -2.03. The zero-order chi connectivity index (χ0) is 13.2. The summed E-state index contributed by atoms with van der Waals surface area (Å²) in [4.78, 5) is 19.5. The van der Waals surface area contributed by atoms with E-state index in [0.717, 1.165) is 22.8 Å². The maximum Gasteiger partial charge on any atom is 0.228 e. The normalized spacial score (nSPS) is 12.8. The number of nitrogens with zero attached hydrogens (tertiary/aromatic N) is 2. The van der Waals surface area contributed by atoms with Gasteiger partial charge >= 0.3 is 0 Å². The molecule has 2 heterocycles. The molecule has 2 aromatic rings. The van der Waals surface area contributed by atoms with Gasteiger partial charge in [0.1, 0.15) is 18.0 Å². The Balaban J connectivity index is 1.84. The van der Waals surface area contributed by atoms with Gasteiger partial charge in [-0.05, 0) is 23.8 Å². The standard InChI is InChI=1S/C13H13N5O/c1-14-11-6-12(16-7-15-11)17-9-2-3-10-8(4-9)5-13(19)18-10/h2-4,6-7H,5H2,1H3,(H,18,19)(H2,14,15,16,17). The molecule has 1 aromatic heterocycles. The van der Waals surface area contributed by atoms with Gasteiger partial charge in [0.05, 0.1) is 6.42 Å². The molecule has 0 saturated heterocycles. The molecule has 1 amide bonds. The summed E-state index contributed by atoms with van der Waals surface area (Å²) in [6, 6.07) is 7.57. The van der Waals surface area contributed by atoms with Gasteiger partial charge in [0.2, 0.25) is 5.91 Å². The Morgan fingerprint density at radius 2 is 2.05 bits per heavy atom. The summed E-state index contributed by atoms with van der Waals surface area (Å²) in [7, 11) is 1.80. The number of hydrogen-bond donors (Lipinski definition) is 3. The zero-order valence-corrected chi connectivity index (χ0v) is 10.4. The van der Waals surface area contributed by atoms with Crippen LogP contribution in [0.4, 0.5) is 23.0 Å². The maximum atomic E-state index is 11.3. The van der Waals surface area contributed by atoms with E-state index in [2.05, 4.69) is 25.9 Å². The smallest absolute Gasteiger partial charge is 0.228 e. The summed E-state index contributed by atoms with van der Waals surface area (Å²) in [5, 5.41) is 8.95. The molecule has 0 unspecified atom stereocenters. The molecule has 0 radical (unpaired) electrons. The molecule has 0 fully saturated rings. The Morgan fingerprint density at radius 1 is 1.21 bits per heavy atom. The summed E-state index contributed by atoms with van der Waals surface area (Å²) in [6.07, 6.45) is 1.92. The van der Waals surface area contributed by atoms with Crippen molar-refractivity contribution in [2.24, 2.45) is 0 Å². The number of amides is 1. The van der Waals surface area contributed by atoms with Gasteiger partial charge < -0.3 is 16.0 Å². The van der Waals surface area contributed by atoms with Crippen molar-refractivity contribution in [1.29, 1.82) is 0 Å². The van der Waals surface area contributed by atoms with Crippen molar-refractivity contribution in [3.05, 3.63) is 36.2 Å². The zero-order valence-electron chi connectivity index (χ0n) is 10.4. The molecule has 1 aromatic carbocycles. The highest BCUT2D eigenvalue weighted by Crippen LogP contribution is 2.27. The van der Waals surface area contributed by atoms with Crippen LogP contribution in [0.1, 0.15) is 5.56 Å². The van der Waals surface area contributed by atoms with Crippen LogP contribution in [-0.4, -0.2) is 22.9 Å². The highest BCUT2D eigenvalue weighted by molar-refractivity contribution is 5.99. The van der Waals surface area contributed by atoms with Gasteiger partial charge in [0.15, 0.2) is 0 Å². The van der Waals surface area contributed by atoms with Crippen molar-refractivity contribution in [1.82, 2.24) is 9.97 Å². The Kier molecular flexibility index (Phi) is 2.75. The molecule has 6 nitrogen and oxygen atoms in total.